The van der Waals surface area contributed by atoms with Crippen molar-refractivity contribution in [3.8, 4) is 11.5 Å². The zero-order chi connectivity index (χ0) is 16.9. The number of nitrogens with one attached hydrogen (secondary N) is 1. The van der Waals surface area contributed by atoms with Gasteiger partial charge in [-0.3, -0.25) is 0 Å². The van der Waals surface area contributed by atoms with Gasteiger partial charge in [0.05, 0.1) is 19.8 Å². The molecule has 3 nitrogen and oxygen atoms in total. The van der Waals surface area contributed by atoms with Gasteiger partial charge in [-0.1, -0.05) is 24.3 Å². The van der Waals surface area contributed by atoms with E-state index in [1.807, 2.05) is 12.1 Å². The lowest BCUT2D eigenvalue weighted by molar-refractivity contribution is -0.137. The number of methoxy groups -OCH3 is 2. The van der Waals surface area contributed by atoms with Gasteiger partial charge in [0.2, 0.25) is 0 Å². The topological polar surface area (TPSA) is 30.5 Å². The lowest BCUT2D eigenvalue weighted by atomic mass is 10.1. The molecular weight excluding hydrogens is 307 g/mol. The largest absolute Gasteiger partial charge is 0.493 e. The molecule has 0 heterocycles. The van der Waals surface area contributed by atoms with Gasteiger partial charge in [0.1, 0.15) is 0 Å². The zero-order valence-electron chi connectivity index (χ0n) is 12.9. The predicted molar refractivity (Wildman–Crippen MR) is 81.5 cm³/mol. The van der Waals surface area contributed by atoms with E-state index in [1.165, 1.54) is 12.1 Å². The van der Waals surface area contributed by atoms with E-state index in [2.05, 4.69) is 5.32 Å². The van der Waals surface area contributed by atoms with Crippen LogP contribution in [0.3, 0.4) is 0 Å². The molecule has 0 aliphatic rings. The minimum atomic E-state index is -4.31. The predicted octanol–water partition coefficient (Wildman–Crippen LogP) is 4.01. The van der Waals surface area contributed by atoms with Crippen molar-refractivity contribution in [2.75, 3.05) is 14.2 Å². The first-order valence-corrected chi connectivity index (χ1v) is 7.02. The van der Waals surface area contributed by atoms with Crippen LogP contribution >= 0.6 is 0 Å². The maximum absolute atomic E-state index is 12.5. The van der Waals surface area contributed by atoms with Gasteiger partial charge >= 0.3 is 6.18 Å². The molecule has 6 heteroatoms. The Morgan fingerprint density at radius 2 is 1.61 bits per heavy atom. The normalized spacial score (nSPS) is 11.3. The quantitative estimate of drug-likeness (QED) is 0.870. The van der Waals surface area contributed by atoms with Gasteiger partial charge in [0.25, 0.3) is 0 Å². The minimum Gasteiger partial charge on any atom is -0.493 e. The highest BCUT2D eigenvalue weighted by molar-refractivity contribution is 5.46. The van der Waals surface area contributed by atoms with Crippen molar-refractivity contribution in [3.63, 3.8) is 0 Å². The van der Waals surface area contributed by atoms with Crippen LogP contribution in [0.15, 0.2) is 42.5 Å². The van der Waals surface area contributed by atoms with E-state index >= 15 is 0 Å². The molecule has 0 saturated carbocycles. The highest BCUT2D eigenvalue weighted by atomic mass is 19.4. The Balaban J connectivity index is 1.98. The Kier molecular flexibility index (Phi) is 5.50. The summed E-state index contributed by atoms with van der Waals surface area (Å²) >= 11 is 0. The van der Waals surface area contributed by atoms with Crippen LogP contribution in [0.1, 0.15) is 16.7 Å². The Morgan fingerprint density at radius 1 is 0.913 bits per heavy atom. The molecule has 0 aromatic heterocycles. The van der Waals surface area contributed by atoms with E-state index in [0.717, 1.165) is 23.3 Å². The van der Waals surface area contributed by atoms with Crippen LogP contribution in [-0.2, 0) is 19.3 Å². The third kappa shape index (κ3) is 4.39. The van der Waals surface area contributed by atoms with Crippen LogP contribution in [0.25, 0.3) is 0 Å². The first kappa shape index (κ1) is 17.1. The highest BCUT2D eigenvalue weighted by Crippen LogP contribution is 2.31. The maximum atomic E-state index is 12.5. The molecule has 0 spiro atoms. The smallest absolute Gasteiger partial charge is 0.416 e. The summed E-state index contributed by atoms with van der Waals surface area (Å²) in [6, 6.07) is 10.7. The molecule has 0 bridgehead atoms. The summed E-state index contributed by atoms with van der Waals surface area (Å²) in [6.07, 6.45) is -4.31. The van der Waals surface area contributed by atoms with Crippen molar-refractivity contribution >= 4 is 0 Å². The van der Waals surface area contributed by atoms with E-state index < -0.39 is 11.7 Å². The van der Waals surface area contributed by atoms with Crippen molar-refractivity contribution in [2.24, 2.45) is 0 Å². The van der Waals surface area contributed by atoms with Crippen LogP contribution in [-0.4, -0.2) is 14.2 Å². The summed E-state index contributed by atoms with van der Waals surface area (Å²) in [7, 11) is 3.13. The molecule has 124 valence electrons. The monoisotopic (exact) mass is 325 g/mol. The van der Waals surface area contributed by atoms with E-state index in [1.54, 1.807) is 20.3 Å². The van der Waals surface area contributed by atoms with Crippen molar-refractivity contribution < 1.29 is 22.6 Å². The average molecular weight is 325 g/mol. The summed E-state index contributed by atoms with van der Waals surface area (Å²) in [6.45, 7) is 0.972. The molecule has 0 amide bonds. The molecular formula is C17H18F3NO2. The number of ether oxygens (including phenoxy) is 2. The van der Waals surface area contributed by atoms with Gasteiger partial charge in [-0.25, -0.2) is 0 Å². The van der Waals surface area contributed by atoms with Crippen LogP contribution in [0.2, 0.25) is 0 Å². The fourth-order valence-corrected chi connectivity index (χ4v) is 2.25. The standard InChI is InChI=1S/C17H18F3NO2/c1-22-15-5-3-4-13(16(15)23-2)11-21-10-12-6-8-14(9-7-12)17(18,19)20/h3-9,21H,10-11H2,1-2H3. The van der Waals surface area contributed by atoms with E-state index in [4.69, 9.17) is 9.47 Å². The van der Waals surface area contributed by atoms with Crippen LogP contribution in [0.5, 0.6) is 11.5 Å². The number of hydrogen-bond donors (Lipinski definition) is 1. The Labute approximate surface area is 133 Å². The van der Waals surface area contributed by atoms with Gasteiger partial charge in [-0.2, -0.15) is 13.2 Å². The van der Waals surface area contributed by atoms with E-state index in [-0.39, 0.29) is 0 Å². The molecule has 1 N–H and O–H groups in total. The Morgan fingerprint density at radius 3 is 2.17 bits per heavy atom. The summed E-state index contributed by atoms with van der Waals surface area (Å²) in [4.78, 5) is 0. The number of benzene rings is 2. The first-order chi connectivity index (χ1) is 11.0. The second kappa shape index (κ2) is 7.37. The van der Waals surface area contributed by atoms with Crippen molar-refractivity contribution in [3.05, 3.63) is 59.2 Å². The fourth-order valence-electron chi connectivity index (χ4n) is 2.25. The van der Waals surface area contributed by atoms with Crippen LogP contribution in [0.4, 0.5) is 13.2 Å². The van der Waals surface area contributed by atoms with Gasteiger partial charge < -0.3 is 14.8 Å². The van der Waals surface area contributed by atoms with E-state index in [0.29, 0.717) is 24.6 Å². The molecule has 0 radical (unpaired) electrons. The third-order valence-electron chi connectivity index (χ3n) is 3.41. The summed E-state index contributed by atoms with van der Waals surface area (Å²) < 4.78 is 48.1. The number of rotatable bonds is 6. The van der Waals surface area contributed by atoms with Crippen LogP contribution in [0, 0.1) is 0 Å². The Hall–Kier alpha value is -2.21. The molecule has 0 saturated heterocycles. The third-order valence-corrected chi connectivity index (χ3v) is 3.41. The number of halogens is 3. The van der Waals surface area contributed by atoms with Crippen LogP contribution < -0.4 is 14.8 Å². The lowest BCUT2D eigenvalue weighted by Crippen LogP contribution is -2.14. The van der Waals surface area contributed by atoms with Gasteiger partial charge in [-0.05, 0) is 23.8 Å². The van der Waals surface area contributed by atoms with Gasteiger partial charge in [0.15, 0.2) is 11.5 Å². The summed E-state index contributed by atoms with van der Waals surface area (Å²) in [5, 5.41) is 3.19. The minimum absolute atomic E-state index is 0.457. The molecule has 0 aliphatic carbocycles. The SMILES string of the molecule is COc1cccc(CNCc2ccc(C(F)(F)F)cc2)c1OC. The number of hydrogen-bond acceptors (Lipinski definition) is 3. The van der Waals surface area contributed by atoms with Gasteiger partial charge in [0, 0.05) is 18.7 Å². The van der Waals surface area contributed by atoms with Crippen molar-refractivity contribution in [1.29, 1.82) is 0 Å². The molecule has 2 aromatic carbocycles. The second-order valence-corrected chi connectivity index (χ2v) is 4.95. The Bertz CT molecular complexity index is 639. The summed E-state index contributed by atoms with van der Waals surface area (Å²) in [5.74, 6) is 1.29. The first-order valence-electron chi connectivity index (χ1n) is 7.02. The zero-order valence-corrected chi connectivity index (χ0v) is 12.9. The number of alkyl halides is 3. The van der Waals surface area contributed by atoms with Crippen molar-refractivity contribution in [2.45, 2.75) is 19.3 Å². The highest BCUT2D eigenvalue weighted by Gasteiger charge is 2.29. The molecule has 0 unspecified atom stereocenters. The summed E-state index contributed by atoms with van der Waals surface area (Å²) in [5.41, 5.74) is 1.05. The lowest BCUT2D eigenvalue weighted by Gasteiger charge is -2.13. The van der Waals surface area contributed by atoms with Gasteiger partial charge in [-0.15, -0.1) is 0 Å². The molecule has 0 atom stereocenters. The molecule has 0 fully saturated rings. The molecule has 0 aliphatic heterocycles. The second-order valence-electron chi connectivity index (χ2n) is 4.95. The number of para-hydroxylation sites is 1. The van der Waals surface area contributed by atoms with Crippen molar-refractivity contribution in [1.82, 2.24) is 5.32 Å². The molecule has 23 heavy (non-hydrogen) atoms. The average Bonchev–Trinajstić information content (AvgIpc) is 2.54. The molecule has 2 rings (SSSR count). The van der Waals surface area contributed by atoms with E-state index in [9.17, 15) is 13.2 Å². The molecule has 2 aromatic rings. The maximum Gasteiger partial charge on any atom is 0.416 e. The fraction of sp³-hybridized carbons (Fsp3) is 0.294.